The molecule has 8 nitrogen and oxygen atoms in total. The second-order valence-corrected chi connectivity index (χ2v) is 10.1. The van der Waals surface area contributed by atoms with Crippen molar-refractivity contribution in [3.05, 3.63) is 29.6 Å². The molecule has 0 unspecified atom stereocenters. The van der Waals surface area contributed by atoms with E-state index in [2.05, 4.69) is 19.9 Å². The Labute approximate surface area is 173 Å². The summed E-state index contributed by atoms with van der Waals surface area (Å²) in [7, 11) is 0.160. The highest BCUT2D eigenvalue weighted by molar-refractivity contribution is 7.91. The van der Waals surface area contributed by atoms with Gasteiger partial charge in [0, 0.05) is 32.1 Å². The number of sulfone groups is 1. The lowest BCUT2D eigenvalue weighted by molar-refractivity contribution is 0.181. The summed E-state index contributed by atoms with van der Waals surface area (Å²) in [6.07, 6.45) is 9.15. The average Bonchev–Trinajstić information content (AvgIpc) is 3.14. The second-order valence-electron chi connectivity index (χ2n) is 8.02. The topological polar surface area (TPSA) is 93.1 Å². The van der Waals surface area contributed by atoms with Crippen LogP contribution in [0, 0.1) is 6.92 Å². The van der Waals surface area contributed by atoms with E-state index in [1.807, 2.05) is 24.7 Å². The lowest BCUT2D eigenvalue weighted by Gasteiger charge is -2.19. The van der Waals surface area contributed by atoms with Gasteiger partial charge in [-0.15, -0.1) is 0 Å². The smallest absolute Gasteiger partial charge is 0.228 e. The maximum atomic E-state index is 13.4. The Kier molecular flexibility index (Phi) is 7.48. The largest absolute Gasteiger partial charge is 0.383 e. The third kappa shape index (κ3) is 5.46. The molecule has 0 spiro atoms. The summed E-state index contributed by atoms with van der Waals surface area (Å²) < 4.78 is 33.8. The summed E-state index contributed by atoms with van der Waals surface area (Å²) in [6.45, 7) is 4.12. The van der Waals surface area contributed by atoms with Crippen molar-refractivity contribution in [2.24, 2.45) is 0 Å². The fourth-order valence-corrected chi connectivity index (χ4v) is 5.97. The molecule has 0 bridgehead atoms. The SMILES string of the molecule is COCCn1c(CN(C)Cc2ncc(C)[nH]2)cnc1S(=O)(=O)C1CCCCCC1. The molecule has 3 rings (SSSR count). The molecule has 1 aliphatic carbocycles. The van der Waals surface area contributed by atoms with Gasteiger partial charge >= 0.3 is 0 Å². The fourth-order valence-electron chi connectivity index (χ4n) is 4.00. The molecule has 1 N–H and O–H groups in total. The summed E-state index contributed by atoms with van der Waals surface area (Å²) in [5, 5.41) is -0.135. The van der Waals surface area contributed by atoms with Gasteiger partial charge in [-0.25, -0.2) is 18.4 Å². The van der Waals surface area contributed by atoms with Crippen LogP contribution in [0.25, 0.3) is 0 Å². The Balaban J connectivity index is 1.81. The van der Waals surface area contributed by atoms with E-state index in [-0.39, 0.29) is 10.4 Å². The molecule has 0 aromatic carbocycles. The minimum absolute atomic E-state index is 0.193. The molecule has 1 fully saturated rings. The Bertz CT molecular complexity index is 882. The second kappa shape index (κ2) is 9.86. The van der Waals surface area contributed by atoms with E-state index in [4.69, 9.17) is 4.74 Å². The molecule has 2 heterocycles. The van der Waals surface area contributed by atoms with Crippen LogP contribution in [-0.2, 0) is 34.2 Å². The van der Waals surface area contributed by atoms with Gasteiger partial charge in [0.15, 0.2) is 0 Å². The molecule has 1 saturated carbocycles. The molecular weight excluding hydrogens is 390 g/mol. The minimum atomic E-state index is -3.46. The lowest BCUT2D eigenvalue weighted by atomic mass is 10.2. The fraction of sp³-hybridized carbons (Fsp3) is 0.700. The van der Waals surface area contributed by atoms with Gasteiger partial charge in [0.2, 0.25) is 15.0 Å². The van der Waals surface area contributed by atoms with E-state index in [0.29, 0.717) is 26.2 Å². The zero-order chi connectivity index (χ0) is 20.9. The molecule has 1 aliphatic rings. The van der Waals surface area contributed by atoms with Crippen molar-refractivity contribution < 1.29 is 13.2 Å². The Morgan fingerprint density at radius 2 is 1.90 bits per heavy atom. The molecule has 0 saturated heterocycles. The maximum absolute atomic E-state index is 13.4. The predicted molar refractivity (Wildman–Crippen MR) is 111 cm³/mol. The first-order chi connectivity index (χ1) is 13.9. The Morgan fingerprint density at radius 3 is 2.52 bits per heavy atom. The molecule has 2 aromatic heterocycles. The highest BCUT2D eigenvalue weighted by atomic mass is 32.2. The van der Waals surface area contributed by atoms with Crippen molar-refractivity contribution in [1.29, 1.82) is 0 Å². The van der Waals surface area contributed by atoms with E-state index >= 15 is 0 Å². The molecule has 2 aromatic rings. The van der Waals surface area contributed by atoms with Gasteiger partial charge in [-0.1, -0.05) is 25.7 Å². The zero-order valence-electron chi connectivity index (χ0n) is 17.7. The highest BCUT2D eigenvalue weighted by Gasteiger charge is 2.32. The summed E-state index contributed by atoms with van der Waals surface area (Å²) in [5.74, 6) is 0.888. The molecule has 0 radical (unpaired) electrons. The number of hydrogen-bond donors (Lipinski definition) is 1. The van der Waals surface area contributed by atoms with Crippen LogP contribution in [0.3, 0.4) is 0 Å². The number of imidazole rings is 2. The number of aromatic amines is 1. The number of nitrogens with one attached hydrogen (secondary N) is 1. The van der Waals surface area contributed by atoms with Crippen LogP contribution in [-0.4, -0.2) is 58.9 Å². The molecular formula is C20H33N5O3S. The van der Waals surface area contributed by atoms with Crippen LogP contribution in [0.15, 0.2) is 17.6 Å². The molecule has 162 valence electrons. The number of H-pyrrole nitrogens is 1. The van der Waals surface area contributed by atoms with Gasteiger partial charge < -0.3 is 14.3 Å². The number of methoxy groups -OCH3 is 1. The van der Waals surface area contributed by atoms with Crippen molar-refractivity contribution in [2.75, 3.05) is 20.8 Å². The van der Waals surface area contributed by atoms with Crippen molar-refractivity contribution in [2.45, 2.75) is 75.5 Å². The van der Waals surface area contributed by atoms with E-state index in [0.717, 1.165) is 55.7 Å². The van der Waals surface area contributed by atoms with Gasteiger partial charge in [-0.2, -0.15) is 0 Å². The quantitative estimate of drug-likeness (QED) is 0.624. The lowest BCUT2D eigenvalue weighted by Crippen LogP contribution is -2.26. The molecule has 9 heteroatoms. The maximum Gasteiger partial charge on any atom is 0.228 e. The van der Waals surface area contributed by atoms with E-state index in [9.17, 15) is 8.42 Å². The molecule has 0 amide bonds. The summed E-state index contributed by atoms with van der Waals surface area (Å²) >= 11 is 0. The molecule has 0 aliphatic heterocycles. The number of hydrogen-bond acceptors (Lipinski definition) is 6. The number of aryl methyl sites for hydroxylation is 1. The zero-order valence-corrected chi connectivity index (χ0v) is 18.5. The van der Waals surface area contributed by atoms with Crippen LogP contribution in [0.1, 0.15) is 55.7 Å². The molecule has 29 heavy (non-hydrogen) atoms. The van der Waals surface area contributed by atoms with Gasteiger partial charge in [0.25, 0.3) is 0 Å². The van der Waals surface area contributed by atoms with Crippen LogP contribution in [0.4, 0.5) is 0 Å². The third-order valence-corrected chi connectivity index (χ3v) is 7.71. The van der Waals surface area contributed by atoms with Crippen molar-refractivity contribution in [3.63, 3.8) is 0 Å². The first-order valence-electron chi connectivity index (χ1n) is 10.4. The average molecular weight is 424 g/mol. The Morgan fingerprint density at radius 1 is 1.17 bits per heavy atom. The number of rotatable bonds is 9. The first-order valence-corrected chi connectivity index (χ1v) is 11.9. The van der Waals surface area contributed by atoms with E-state index in [1.54, 1.807) is 13.3 Å². The van der Waals surface area contributed by atoms with E-state index < -0.39 is 9.84 Å². The minimum Gasteiger partial charge on any atom is -0.383 e. The van der Waals surface area contributed by atoms with Crippen molar-refractivity contribution in [1.82, 2.24) is 24.4 Å². The molecule has 0 atom stereocenters. The number of ether oxygens (including phenoxy) is 1. The monoisotopic (exact) mass is 423 g/mol. The van der Waals surface area contributed by atoms with Gasteiger partial charge in [0.05, 0.1) is 30.3 Å². The van der Waals surface area contributed by atoms with Crippen LogP contribution in [0.5, 0.6) is 0 Å². The third-order valence-electron chi connectivity index (χ3n) is 5.52. The number of nitrogens with zero attached hydrogens (tertiary/aromatic N) is 4. The van der Waals surface area contributed by atoms with Crippen LogP contribution in [0.2, 0.25) is 0 Å². The van der Waals surface area contributed by atoms with Crippen LogP contribution < -0.4 is 0 Å². The summed E-state index contributed by atoms with van der Waals surface area (Å²) in [6, 6.07) is 0. The summed E-state index contributed by atoms with van der Waals surface area (Å²) in [5.41, 5.74) is 1.90. The normalized spacial score (nSPS) is 16.4. The van der Waals surface area contributed by atoms with Crippen molar-refractivity contribution >= 4 is 9.84 Å². The van der Waals surface area contributed by atoms with Crippen LogP contribution >= 0.6 is 0 Å². The summed E-state index contributed by atoms with van der Waals surface area (Å²) in [4.78, 5) is 14.1. The van der Waals surface area contributed by atoms with Gasteiger partial charge in [-0.3, -0.25) is 4.90 Å². The predicted octanol–water partition coefficient (Wildman–Crippen LogP) is 2.69. The first kappa shape index (κ1) is 22.0. The highest BCUT2D eigenvalue weighted by Crippen LogP contribution is 2.28. The standard InChI is InChI=1S/C20H33N5O3S/c1-16-12-21-19(23-16)15-24(2)14-17-13-22-20(25(17)10-11-28-3)29(26,27)18-8-6-4-5-7-9-18/h12-13,18H,4-11,14-15H2,1-3H3,(H,21,23). The van der Waals surface area contributed by atoms with Gasteiger partial charge in [-0.05, 0) is 26.8 Å². The van der Waals surface area contributed by atoms with E-state index in [1.165, 1.54) is 0 Å². The number of aromatic nitrogens is 4. The van der Waals surface area contributed by atoms with Crippen molar-refractivity contribution in [3.8, 4) is 0 Å². The van der Waals surface area contributed by atoms with Gasteiger partial charge in [0.1, 0.15) is 5.82 Å². The Hall–Kier alpha value is -1.71.